The van der Waals surface area contributed by atoms with Crippen molar-refractivity contribution in [3.63, 3.8) is 0 Å². The van der Waals surface area contributed by atoms with Crippen molar-refractivity contribution >= 4 is 6.09 Å². The number of imidazole rings is 1. The lowest BCUT2D eigenvalue weighted by atomic mass is 10.1. The van der Waals surface area contributed by atoms with Gasteiger partial charge in [-0.25, -0.2) is 14.3 Å². The maximum Gasteiger partial charge on any atom is 0.420 e. The molecule has 4 nitrogen and oxygen atoms in total. The van der Waals surface area contributed by atoms with Crippen molar-refractivity contribution in [1.29, 1.82) is 0 Å². The second-order valence-electron chi connectivity index (χ2n) is 4.11. The molecule has 0 aliphatic carbocycles. The molecule has 0 amide bonds. The number of ether oxygens (including phenoxy) is 1. The second kappa shape index (κ2) is 7.15. The fourth-order valence-electron chi connectivity index (χ4n) is 1.73. The van der Waals surface area contributed by atoms with Crippen LogP contribution in [-0.2, 0) is 11.2 Å². The molecule has 0 spiro atoms. The number of aryl methyl sites for hydroxylation is 1. The van der Waals surface area contributed by atoms with Crippen molar-refractivity contribution in [3.8, 4) is 11.8 Å². The average Bonchev–Trinajstić information content (AvgIpc) is 2.93. The second-order valence-corrected chi connectivity index (χ2v) is 4.11. The Morgan fingerprint density at radius 1 is 1.35 bits per heavy atom. The van der Waals surface area contributed by atoms with Gasteiger partial charge in [0.25, 0.3) is 0 Å². The Morgan fingerprint density at radius 2 is 2.15 bits per heavy atom. The van der Waals surface area contributed by atoms with Gasteiger partial charge in [0, 0.05) is 18.8 Å². The highest BCUT2D eigenvalue weighted by atomic mass is 16.5. The normalized spacial score (nSPS) is 9.65. The third-order valence-electron chi connectivity index (χ3n) is 2.69. The van der Waals surface area contributed by atoms with Crippen molar-refractivity contribution in [2.45, 2.75) is 19.8 Å². The quantitative estimate of drug-likeness (QED) is 0.804. The Morgan fingerprint density at radius 3 is 2.90 bits per heavy atom. The highest BCUT2D eigenvalue weighted by Gasteiger charge is 2.08. The Kier molecular flexibility index (Phi) is 4.96. The molecule has 0 aliphatic rings. The number of aromatic nitrogens is 2. The first-order valence-corrected chi connectivity index (χ1v) is 6.54. The Labute approximate surface area is 118 Å². The molecule has 20 heavy (non-hydrogen) atoms. The molecule has 102 valence electrons. The zero-order valence-electron chi connectivity index (χ0n) is 11.4. The molecule has 2 aromatic rings. The Hall–Kier alpha value is -2.54. The van der Waals surface area contributed by atoms with Crippen molar-refractivity contribution in [1.82, 2.24) is 9.55 Å². The van der Waals surface area contributed by atoms with Crippen molar-refractivity contribution < 1.29 is 9.53 Å². The van der Waals surface area contributed by atoms with Crippen LogP contribution in [0.2, 0.25) is 0 Å². The molecule has 0 N–H and O–H groups in total. The first-order chi connectivity index (χ1) is 9.81. The lowest BCUT2D eigenvalue weighted by molar-refractivity contribution is 0.153. The van der Waals surface area contributed by atoms with Crippen molar-refractivity contribution in [3.05, 3.63) is 54.1 Å². The number of hydrogen-bond donors (Lipinski definition) is 0. The predicted molar refractivity (Wildman–Crippen MR) is 76.3 cm³/mol. The van der Waals surface area contributed by atoms with Crippen LogP contribution in [0.1, 0.15) is 24.7 Å². The largest absolute Gasteiger partial charge is 0.449 e. The third kappa shape index (κ3) is 3.72. The Bertz CT molecular complexity index is 621. The zero-order chi connectivity index (χ0) is 14.2. The SMILES string of the molecule is CCOC(=O)n1ccnc1C#CCCc1ccccc1. The van der Waals surface area contributed by atoms with E-state index in [0.717, 1.165) is 12.8 Å². The molecule has 0 radical (unpaired) electrons. The summed E-state index contributed by atoms with van der Waals surface area (Å²) in [4.78, 5) is 15.7. The summed E-state index contributed by atoms with van der Waals surface area (Å²) >= 11 is 0. The minimum absolute atomic E-state index is 0.331. The summed E-state index contributed by atoms with van der Waals surface area (Å²) in [5.41, 5.74) is 1.25. The number of carbonyl (C=O) groups is 1. The summed E-state index contributed by atoms with van der Waals surface area (Å²) in [6, 6.07) is 10.2. The molecule has 1 aromatic carbocycles. The zero-order valence-corrected chi connectivity index (χ0v) is 11.4. The van der Waals surface area contributed by atoms with E-state index in [1.807, 2.05) is 18.2 Å². The van der Waals surface area contributed by atoms with Gasteiger partial charge in [0.1, 0.15) is 0 Å². The predicted octanol–water partition coefficient (Wildman–Crippen LogP) is 2.87. The third-order valence-corrected chi connectivity index (χ3v) is 2.69. The van der Waals surface area contributed by atoms with Crippen LogP contribution >= 0.6 is 0 Å². The topological polar surface area (TPSA) is 44.1 Å². The number of nitrogens with zero attached hydrogens (tertiary/aromatic N) is 2. The van der Waals surface area contributed by atoms with Gasteiger partial charge in [-0.05, 0) is 24.8 Å². The maximum atomic E-state index is 11.6. The van der Waals surface area contributed by atoms with Gasteiger partial charge in [0.15, 0.2) is 5.82 Å². The first-order valence-electron chi connectivity index (χ1n) is 6.54. The maximum absolute atomic E-state index is 11.6. The van der Waals surface area contributed by atoms with Crippen molar-refractivity contribution in [2.75, 3.05) is 6.61 Å². The van der Waals surface area contributed by atoms with E-state index in [2.05, 4.69) is 29.0 Å². The van der Waals surface area contributed by atoms with E-state index in [0.29, 0.717) is 12.4 Å². The minimum Gasteiger partial charge on any atom is -0.449 e. The van der Waals surface area contributed by atoms with Crippen LogP contribution in [0.15, 0.2) is 42.7 Å². The summed E-state index contributed by atoms with van der Waals surface area (Å²) in [5.74, 6) is 6.35. The Balaban J connectivity index is 1.96. The molecule has 0 bridgehead atoms. The van der Waals surface area contributed by atoms with E-state index in [1.165, 1.54) is 16.3 Å². The van der Waals surface area contributed by atoms with Crippen LogP contribution in [0, 0.1) is 11.8 Å². The summed E-state index contributed by atoms with van der Waals surface area (Å²) < 4.78 is 6.24. The number of benzene rings is 1. The molecular formula is C16H16N2O2. The molecular weight excluding hydrogens is 252 g/mol. The van der Waals surface area contributed by atoms with Crippen LogP contribution in [0.4, 0.5) is 4.79 Å². The highest BCUT2D eigenvalue weighted by Crippen LogP contribution is 2.02. The number of rotatable bonds is 3. The van der Waals surface area contributed by atoms with Gasteiger partial charge in [-0.15, -0.1) is 0 Å². The number of hydrogen-bond acceptors (Lipinski definition) is 3. The van der Waals surface area contributed by atoms with E-state index < -0.39 is 6.09 Å². The standard InChI is InChI=1S/C16H16N2O2/c1-2-20-16(19)18-13-12-17-15(18)11-7-6-10-14-8-4-3-5-9-14/h3-5,8-9,12-13H,2,6,10H2,1H3. The van der Waals surface area contributed by atoms with Gasteiger partial charge in [-0.1, -0.05) is 36.3 Å². The molecule has 1 heterocycles. The fourth-order valence-corrected chi connectivity index (χ4v) is 1.73. The number of carbonyl (C=O) groups excluding carboxylic acids is 1. The van der Waals surface area contributed by atoms with E-state index in [4.69, 9.17) is 4.74 Å². The average molecular weight is 268 g/mol. The van der Waals surface area contributed by atoms with Gasteiger partial charge in [-0.3, -0.25) is 0 Å². The van der Waals surface area contributed by atoms with Gasteiger partial charge in [0.2, 0.25) is 0 Å². The van der Waals surface area contributed by atoms with Crippen LogP contribution in [0.5, 0.6) is 0 Å². The van der Waals surface area contributed by atoms with Crippen molar-refractivity contribution in [2.24, 2.45) is 0 Å². The minimum atomic E-state index is -0.447. The van der Waals surface area contributed by atoms with Crippen LogP contribution < -0.4 is 0 Å². The summed E-state index contributed by atoms with van der Waals surface area (Å²) in [6.45, 7) is 2.10. The first kappa shape index (κ1) is 13.9. The molecule has 4 heteroatoms. The highest BCUT2D eigenvalue weighted by molar-refractivity contribution is 5.71. The van der Waals surface area contributed by atoms with E-state index in [-0.39, 0.29) is 0 Å². The van der Waals surface area contributed by atoms with Crippen LogP contribution in [-0.4, -0.2) is 22.3 Å². The van der Waals surface area contributed by atoms with E-state index in [1.54, 1.807) is 13.1 Å². The molecule has 0 saturated heterocycles. The summed E-state index contributed by atoms with van der Waals surface area (Å²) in [7, 11) is 0. The molecule has 2 rings (SSSR count). The monoisotopic (exact) mass is 268 g/mol. The van der Waals surface area contributed by atoms with Gasteiger partial charge in [-0.2, -0.15) is 0 Å². The molecule has 0 fully saturated rings. The van der Waals surface area contributed by atoms with Gasteiger partial charge in [0.05, 0.1) is 6.61 Å². The summed E-state index contributed by atoms with van der Waals surface area (Å²) in [6.07, 6.45) is 4.25. The summed E-state index contributed by atoms with van der Waals surface area (Å²) in [5, 5.41) is 0. The van der Waals surface area contributed by atoms with Gasteiger partial charge < -0.3 is 4.74 Å². The fraction of sp³-hybridized carbons (Fsp3) is 0.250. The smallest absolute Gasteiger partial charge is 0.420 e. The molecule has 0 atom stereocenters. The van der Waals surface area contributed by atoms with E-state index in [9.17, 15) is 4.79 Å². The lowest BCUT2D eigenvalue weighted by Gasteiger charge is -2.01. The van der Waals surface area contributed by atoms with Gasteiger partial charge >= 0.3 is 6.09 Å². The molecule has 1 aromatic heterocycles. The van der Waals surface area contributed by atoms with Crippen LogP contribution in [0.25, 0.3) is 0 Å². The molecule has 0 unspecified atom stereocenters. The van der Waals surface area contributed by atoms with E-state index >= 15 is 0 Å². The molecule has 0 aliphatic heterocycles. The van der Waals surface area contributed by atoms with Crippen LogP contribution in [0.3, 0.4) is 0 Å². The lowest BCUT2D eigenvalue weighted by Crippen LogP contribution is -2.14. The molecule has 0 saturated carbocycles.